The van der Waals surface area contributed by atoms with Gasteiger partial charge in [0.05, 0.1) is 5.75 Å². The average Bonchev–Trinajstić information content (AvgIpc) is 2.79. The fourth-order valence-corrected chi connectivity index (χ4v) is 4.20. The minimum absolute atomic E-state index is 0.200. The van der Waals surface area contributed by atoms with E-state index in [9.17, 15) is 8.42 Å². The first-order valence-electron chi connectivity index (χ1n) is 12.1. The summed E-state index contributed by atoms with van der Waals surface area (Å²) in [4.78, 5) is 4.54. The molecule has 2 rings (SSSR count). The molecule has 1 N–H and O–H groups in total. The Morgan fingerprint density at radius 3 is 2.30 bits per heavy atom. The molecule has 1 aliphatic rings. The van der Waals surface area contributed by atoms with E-state index in [2.05, 4.69) is 74.2 Å². The van der Waals surface area contributed by atoms with Gasteiger partial charge in [-0.2, -0.15) is 8.42 Å². The Morgan fingerprint density at radius 1 is 1.09 bits per heavy atom. The van der Waals surface area contributed by atoms with Crippen molar-refractivity contribution < 1.29 is 13.0 Å². The van der Waals surface area contributed by atoms with Crippen LogP contribution in [0.15, 0.2) is 65.9 Å². The van der Waals surface area contributed by atoms with Gasteiger partial charge in [0.25, 0.3) is 10.1 Å². The van der Waals surface area contributed by atoms with Gasteiger partial charge in [-0.1, -0.05) is 63.1 Å². The third-order valence-corrected chi connectivity index (χ3v) is 6.57. The minimum Gasteiger partial charge on any atom is -0.374 e. The predicted molar refractivity (Wildman–Crippen MR) is 141 cm³/mol. The molecule has 0 aromatic heterocycles. The summed E-state index contributed by atoms with van der Waals surface area (Å²) >= 11 is 0. The number of hydrogen-bond donors (Lipinski definition) is 1. The fraction of sp³-hybridized carbons (Fsp3) is 0.481. The monoisotopic (exact) mass is 472 g/mol. The maximum absolute atomic E-state index is 10.8. The zero-order valence-corrected chi connectivity index (χ0v) is 21.2. The van der Waals surface area contributed by atoms with Crippen LogP contribution in [0.5, 0.6) is 0 Å². The highest BCUT2D eigenvalue weighted by Gasteiger charge is 2.09. The van der Waals surface area contributed by atoms with Crippen LogP contribution >= 0.6 is 0 Å². The van der Waals surface area contributed by atoms with Gasteiger partial charge in [-0.05, 0) is 67.3 Å². The number of hydrogen-bond acceptors (Lipinski definition) is 4. The third-order valence-electron chi connectivity index (χ3n) is 5.77. The van der Waals surface area contributed by atoms with Crippen molar-refractivity contribution in [3.8, 4) is 0 Å². The molecule has 0 radical (unpaired) electrons. The zero-order chi connectivity index (χ0) is 24.1. The molecule has 0 amide bonds. The van der Waals surface area contributed by atoms with Gasteiger partial charge < -0.3 is 9.80 Å². The normalized spacial score (nSPS) is 14.7. The summed E-state index contributed by atoms with van der Waals surface area (Å²) in [7, 11) is -3.88. The summed E-state index contributed by atoms with van der Waals surface area (Å²) in [5.41, 5.74) is 4.84. The van der Waals surface area contributed by atoms with E-state index >= 15 is 0 Å². The highest BCUT2D eigenvalue weighted by molar-refractivity contribution is 7.85. The molecule has 33 heavy (non-hydrogen) atoms. The molecule has 1 aromatic rings. The van der Waals surface area contributed by atoms with Crippen molar-refractivity contribution in [1.82, 2.24) is 4.90 Å². The van der Waals surface area contributed by atoms with Crippen molar-refractivity contribution in [3.63, 3.8) is 0 Å². The number of nitrogens with zero attached hydrogens (tertiary/aromatic N) is 2. The largest absolute Gasteiger partial charge is 0.374 e. The van der Waals surface area contributed by atoms with E-state index in [0.29, 0.717) is 13.0 Å². The van der Waals surface area contributed by atoms with Gasteiger partial charge >= 0.3 is 0 Å². The lowest BCUT2D eigenvalue weighted by Crippen LogP contribution is -2.25. The first-order valence-corrected chi connectivity index (χ1v) is 13.7. The Morgan fingerprint density at radius 2 is 1.76 bits per heavy atom. The topological polar surface area (TPSA) is 60.9 Å². The van der Waals surface area contributed by atoms with Gasteiger partial charge in [0.2, 0.25) is 0 Å². The highest BCUT2D eigenvalue weighted by atomic mass is 32.2. The van der Waals surface area contributed by atoms with Crippen LogP contribution in [-0.4, -0.2) is 49.8 Å². The number of benzene rings is 1. The second-order valence-corrected chi connectivity index (χ2v) is 10.2. The van der Waals surface area contributed by atoms with Gasteiger partial charge in [-0.3, -0.25) is 4.55 Å². The molecule has 0 unspecified atom stereocenters. The Bertz CT molecular complexity index is 936. The second kappa shape index (κ2) is 14.1. The Balaban J connectivity index is 1.89. The van der Waals surface area contributed by atoms with E-state index in [1.807, 2.05) is 17.2 Å². The van der Waals surface area contributed by atoms with Crippen molar-refractivity contribution in [2.24, 2.45) is 0 Å². The first-order chi connectivity index (χ1) is 15.8. The SMILES string of the molecule is CCCCN(CCCC)c1ccc(C=CC=C(C)C2=CCN(CCCS(=O)(=O)O)C=C2)cc1. The molecule has 1 heterocycles. The molecule has 0 aliphatic carbocycles. The zero-order valence-electron chi connectivity index (χ0n) is 20.4. The number of rotatable bonds is 14. The molecule has 182 valence electrons. The van der Waals surface area contributed by atoms with E-state index in [1.54, 1.807) is 0 Å². The molecule has 1 aromatic carbocycles. The van der Waals surface area contributed by atoms with E-state index < -0.39 is 10.1 Å². The standard InChI is InChI=1S/C27H40N2O3S/c1-4-6-19-29(20-7-5-2)27-14-12-25(13-15-27)11-8-10-24(3)26-16-21-28(22-17-26)18-9-23-33(30,31)32/h8,10-17,21H,4-7,9,18-20,22-23H2,1-3H3,(H,30,31,32). The lowest BCUT2D eigenvalue weighted by atomic mass is 10.0. The van der Waals surface area contributed by atoms with Gasteiger partial charge in [-0.15, -0.1) is 0 Å². The van der Waals surface area contributed by atoms with Gasteiger partial charge in [0.1, 0.15) is 0 Å². The smallest absolute Gasteiger partial charge is 0.264 e. The molecule has 0 saturated carbocycles. The van der Waals surface area contributed by atoms with Crippen LogP contribution < -0.4 is 4.90 Å². The Hall–Kier alpha value is -2.31. The summed E-state index contributed by atoms with van der Waals surface area (Å²) in [5.74, 6) is -0.200. The maximum atomic E-state index is 10.8. The van der Waals surface area contributed by atoms with Crippen molar-refractivity contribution >= 4 is 21.9 Å². The van der Waals surface area contributed by atoms with Crippen molar-refractivity contribution in [2.45, 2.75) is 52.9 Å². The molecular weight excluding hydrogens is 432 g/mol. The van der Waals surface area contributed by atoms with E-state index in [4.69, 9.17) is 4.55 Å². The second-order valence-electron chi connectivity index (χ2n) is 8.60. The number of unbranched alkanes of at least 4 members (excludes halogenated alkanes) is 2. The molecule has 0 spiro atoms. The van der Waals surface area contributed by atoms with E-state index in [1.165, 1.54) is 48.1 Å². The predicted octanol–water partition coefficient (Wildman–Crippen LogP) is 6.09. The first kappa shape index (κ1) is 26.9. The lowest BCUT2D eigenvalue weighted by Gasteiger charge is -2.24. The summed E-state index contributed by atoms with van der Waals surface area (Å²) in [6.07, 6.45) is 17.8. The summed E-state index contributed by atoms with van der Waals surface area (Å²) in [5, 5.41) is 0. The molecule has 0 fully saturated rings. The van der Waals surface area contributed by atoms with E-state index in [0.717, 1.165) is 19.6 Å². The molecule has 0 atom stereocenters. The van der Waals surface area contributed by atoms with Gasteiger partial charge in [-0.25, -0.2) is 0 Å². The molecule has 0 bridgehead atoms. The summed E-state index contributed by atoms with van der Waals surface area (Å²) < 4.78 is 30.5. The van der Waals surface area contributed by atoms with Crippen LogP contribution in [0.4, 0.5) is 5.69 Å². The molecule has 0 saturated heterocycles. The van der Waals surface area contributed by atoms with Crippen molar-refractivity contribution in [1.29, 1.82) is 0 Å². The van der Waals surface area contributed by atoms with Gasteiger partial charge in [0.15, 0.2) is 0 Å². The van der Waals surface area contributed by atoms with Crippen LogP contribution in [0, 0.1) is 0 Å². The fourth-order valence-electron chi connectivity index (χ4n) is 3.70. The van der Waals surface area contributed by atoms with Crippen molar-refractivity contribution in [3.05, 3.63) is 71.5 Å². The number of anilines is 1. The quantitative estimate of drug-likeness (QED) is 0.262. The average molecular weight is 473 g/mol. The Kier molecular flexibility index (Phi) is 11.5. The maximum Gasteiger partial charge on any atom is 0.264 e. The highest BCUT2D eigenvalue weighted by Crippen LogP contribution is 2.19. The lowest BCUT2D eigenvalue weighted by molar-refractivity contribution is 0.405. The van der Waals surface area contributed by atoms with E-state index in [-0.39, 0.29) is 5.75 Å². The molecule has 5 nitrogen and oxygen atoms in total. The molecule has 1 aliphatic heterocycles. The third kappa shape index (κ3) is 10.4. The van der Waals surface area contributed by atoms with Crippen LogP contribution in [0.2, 0.25) is 0 Å². The minimum atomic E-state index is -3.88. The van der Waals surface area contributed by atoms with Crippen LogP contribution in [0.25, 0.3) is 6.08 Å². The molecular formula is C27H40N2O3S. The van der Waals surface area contributed by atoms with Crippen LogP contribution in [0.3, 0.4) is 0 Å². The van der Waals surface area contributed by atoms with Crippen LogP contribution in [-0.2, 0) is 10.1 Å². The number of allylic oxidation sites excluding steroid dienone is 5. The van der Waals surface area contributed by atoms with Crippen LogP contribution in [0.1, 0.15) is 58.4 Å². The van der Waals surface area contributed by atoms with Gasteiger partial charge in [0, 0.05) is 31.9 Å². The summed E-state index contributed by atoms with van der Waals surface area (Å²) in [6.45, 7) is 10.2. The summed E-state index contributed by atoms with van der Waals surface area (Å²) in [6, 6.07) is 8.82. The molecule has 6 heteroatoms. The van der Waals surface area contributed by atoms with Crippen molar-refractivity contribution in [2.75, 3.05) is 36.8 Å². The Labute approximate surface area is 200 Å².